The molecule has 0 heterocycles. The molecule has 0 radical (unpaired) electrons. The molecule has 3 rings (SSSR count). The van der Waals surface area contributed by atoms with E-state index in [1.807, 2.05) is 18.2 Å². The summed E-state index contributed by atoms with van der Waals surface area (Å²) in [6, 6.07) is 13.3. The van der Waals surface area contributed by atoms with Crippen LogP contribution in [0.3, 0.4) is 0 Å². The van der Waals surface area contributed by atoms with E-state index in [9.17, 15) is 22.4 Å². The first-order chi connectivity index (χ1) is 17.2. The van der Waals surface area contributed by atoms with Crippen LogP contribution in [0.4, 0.5) is 17.6 Å². The average molecular weight is 507 g/mol. The number of rotatable bonds is 11. The molecule has 1 aliphatic rings. The van der Waals surface area contributed by atoms with E-state index in [1.165, 1.54) is 11.6 Å². The molecule has 2 aromatic rings. The summed E-state index contributed by atoms with van der Waals surface area (Å²) in [4.78, 5) is 11.5. The van der Waals surface area contributed by atoms with Gasteiger partial charge in [0.15, 0.2) is 0 Å². The maximum atomic E-state index is 14.6. The summed E-state index contributed by atoms with van der Waals surface area (Å²) >= 11 is 0. The quantitative estimate of drug-likeness (QED) is 0.148. The van der Waals surface area contributed by atoms with Gasteiger partial charge in [0.05, 0.1) is 18.8 Å². The Morgan fingerprint density at radius 1 is 1.00 bits per heavy atom. The number of alkyl halides is 3. The number of hydrogen-bond acceptors (Lipinski definition) is 3. The molecule has 7 heteroatoms. The molecule has 1 saturated carbocycles. The fourth-order valence-electron chi connectivity index (χ4n) is 4.85. The minimum absolute atomic E-state index is 0.0101. The predicted molar refractivity (Wildman–Crippen MR) is 132 cm³/mol. The van der Waals surface area contributed by atoms with Crippen molar-refractivity contribution in [2.45, 2.75) is 69.9 Å². The minimum atomic E-state index is -4.06. The van der Waals surface area contributed by atoms with Crippen molar-refractivity contribution in [2.24, 2.45) is 5.92 Å². The standard InChI is InChI=1S/C29H34F4O3/c1-20(19-34)28(35)36-17-3-5-25-14-15-26(18-27(25)30)24-12-10-23(11-13-24)22-8-6-21(7-9-22)4-2-16-29(31,32)33/h10-15,18,21-22,34H,1-9,16-17,19H2. The Morgan fingerprint density at radius 3 is 2.28 bits per heavy atom. The van der Waals surface area contributed by atoms with Crippen molar-refractivity contribution in [3.05, 3.63) is 71.6 Å². The molecule has 0 atom stereocenters. The van der Waals surface area contributed by atoms with Gasteiger partial charge in [0, 0.05) is 6.42 Å². The fourth-order valence-corrected chi connectivity index (χ4v) is 4.85. The van der Waals surface area contributed by atoms with Crippen LogP contribution in [0.25, 0.3) is 11.1 Å². The summed E-state index contributed by atoms with van der Waals surface area (Å²) in [5, 5.41) is 8.85. The monoisotopic (exact) mass is 506 g/mol. The number of esters is 1. The van der Waals surface area contributed by atoms with Crippen molar-refractivity contribution in [1.29, 1.82) is 0 Å². The Balaban J connectivity index is 1.47. The maximum absolute atomic E-state index is 14.6. The molecule has 1 aliphatic carbocycles. The molecule has 0 aromatic heterocycles. The number of ether oxygens (including phenoxy) is 1. The Hall–Kier alpha value is -2.67. The highest BCUT2D eigenvalue weighted by molar-refractivity contribution is 5.87. The number of aryl methyl sites for hydroxylation is 1. The van der Waals surface area contributed by atoms with E-state index in [1.54, 1.807) is 6.07 Å². The second-order valence-electron chi connectivity index (χ2n) is 9.65. The van der Waals surface area contributed by atoms with Crippen LogP contribution >= 0.6 is 0 Å². The van der Waals surface area contributed by atoms with Crippen molar-refractivity contribution in [1.82, 2.24) is 0 Å². The fraction of sp³-hybridized carbons (Fsp3) is 0.483. The second kappa shape index (κ2) is 13.0. The summed E-state index contributed by atoms with van der Waals surface area (Å²) in [5.41, 5.74) is 3.45. The molecule has 2 aromatic carbocycles. The van der Waals surface area contributed by atoms with Crippen LogP contribution in [0.1, 0.15) is 68.4 Å². The molecule has 36 heavy (non-hydrogen) atoms. The van der Waals surface area contributed by atoms with Crippen LogP contribution in [0, 0.1) is 11.7 Å². The molecule has 0 bridgehead atoms. The van der Waals surface area contributed by atoms with Gasteiger partial charge < -0.3 is 9.84 Å². The zero-order valence-electron chi connectivity index (χ0n) is 20.5. The van der Waals surface area contributed by atoms with E-state index in [2.05, 4.69) is 18.7 Å². The van der Waals surface area contributed by atoms with Crippen LogP contribution in [-0.2, 0) is 16.0 Å². The summed E-state index contributed by atoms with van der Waals surface area (Å²) in [6.07, 6.45) is 0.908. The molecule has 0 aliphatic heterocycles. The number of halogens is 4. The summed E-state index contributed by atoms with van der Waals surface area (Å²) in [6.45, 7) is 3.07. The molecular formula is C29H34F4O3. The molecule has 0 unspecified atom stereocenters. The largest absolute Gasteiger partial charge is 0.462 e. The lowest BCUT2D eigenvalue weighted by Crippen LogP contribution is -2.14. The van der Waals surface area contributed by atoms with Crippen molar-refractivity contribution in [2.75, 3.05) is 13.2 Å². The number of carbonyl (C=O) groups excluding carboxylic acids is 1. The van der Waals surface area contributed by atoms with E-state index in [-0.39, 0.29) is 24.4 Å². The summed E-state index contributed by atoms with van der Waals surface area (Å²) < 4.78 is 56.7. The number of aliphatic hydroxyl groups excluding tert-OH is 1. The molecule has 0 spiro atoms. The first-order valence-electron chi connectivity index (χ1n) is 12.6. The lowest BCUT2D eigenvalue weighted by Gasteiger charge is -2.29. The Bertz CT molecular complexity index is 1010. The zero-order chi connectivity index (χ0) is 26.1. The van der Waals surface area contributed by atoms with Gasteiger partial charge in [0.25, 0.3) is 0 Å². The zero-order valence-corrected chi connectivity index (χ0v) is 20.5. The van der Waals surface area contributed by atoms with Gasteiger partial charge in [-0.15, -0.1) is 0 Å². The van der Waals surface area contributed by atoms with Gasteiger partial charge in [-0.05, 0) is 85.1 Å². The normalized spacial score (nSPS) is 18.1. The third-order valence-electron chi connectivity index (χ3n) is 6.99. The minimum Gasteiger partial charge on any atom is -0.462 e. The highest BCUT2D eigenvalue weighted by atomic mass is 19.4. The van der Waals surface area contributed by atoms with E-state index in [4.69, 9.17) is 9.84 Å². The van der Waals surface area contributed by atoms with Crippen LogP contribution in [0.5, 0.6) is 0 Å². The van der Waals surface area contributed by atoms with Crippen molar-refractivity contribution in [3.63, 3.8) is 0 Å². The lowest BCUT2D eigenvalue weighted by atomic mass is 9.77. The van der Waals surface area contributed by atoms with Crippen LogP contribution in [-0.4, -0.2) is 30.5 Å². The van der Waals surface area contributed by atoms with Gasteiger partial charge in [-0.3, -0.25) is 0 Å². The smallest absolute Gasteiger partial charge is 0.389 e. The molecule has 1 fully saturated rings. The van der Waals surface area contributed by atoms with E-state index in [0.717, 1.165) is 36.8 Å². The highest BCUT2D eigenvalue weighted by Crippen LogP contribution is 2.39. The van der Waals surface area contributed by atoms with Crippen molar-refractivity contribution >= 4 is 5.97 Å². The van der Waals surface area contributed by atoms with Gasteiger partial charge in [0.2, 0.25) is 0 Å². The maximum Gasteiger partial charge on any atom is 0.389 e. The topological polar surface area (TPSA) is 46.5 Å². The predicted octanol–water partition coefficient (Wildman–Crippen LogP) is 7.52. The Labute approximate surface area is 210 Å². The summed E-state index contributed by atoms with van der Waals surface area (Å²) in [7, 11) is 0. The Kier molecular flexibility index (Phi) is 10.1. The lowest BCUT2D eigenvalue weighted by molar-refractivity contribution is -0.139. The third-order valence-corrected chi connectivity index (χ3v) is 6.99. The van der Waals surface area contributed by atoms with Crippen LogP contribution in [0.15, 0.2) is 54.6 Å². The molecular weight excluding hydrogens is 472 g/mol. The van der Waals surface area contributed by atoms with Gasteiger partial charge in [-0.2, -0.15) is 13.2 Å². The molecule has 196 valence electrons. The molecule has 0 amide bonds. The van der Waals surface area contributed by atoms with E-state index in [0.29, 0.717) is 36.7 Å². The first kappa shape index (κ1) is 27.9. The van der Waals surface area contributed by atoms with Crippen LogP contribution < -0.4 is 0 Å². The molecule has 0 saturated heterocycles. The van der Waals surface area contributed by atoms with Crippen molar-refractivity contribution < 1.29 is 32.2 Å². The highest BCUT2D eigenvalue weighted by Gasteiger charge is 2.28. The van der Waals surface area contributed by atoms with Crippen molar-refractivity contribution in [3.8, 4) is 11.1 Å². The SMILES string of the molecule is C=C(CO)C(=O)OCCCc1ccc(-c2ccc(C3CCC(CCCC(F)(F)F)CC3)cc2)cc1F. The average Bonchev–Trinajstić information content (AvgIpc) is 2.86. The molecule has 3 nitrogen and oxygen atoms in total. The van der Waals surface area contributed by atoms with Gasteiger partial charge in [0.1, 0.15) is 5.82 Å². The first-order valence-corrected chi connectivity index (χ1v) is 12.6. The second-order valence-corrected chi connectivity index (χ2v) is 9.65. The number of aliphatic hydroxyl groups is 1. The van der Waals surface area contributed by atoms with Gasteiger partial charge in [-0.25, -0.2) is 9.18 Å². The Morgan fingerprint density at radius 2 is 1.67 bits per heavy atom. The number of benzene rings is 2. The number of hydrogen-bond donors (Lipinski definition) is 1. The van der Waals surface area contributed by atoms with E-state index >= 15 is 0 Å². The van der Waals surface area contributed by atoms with E-state index < -0.39 is 25.2 Å². The summed E-state index contributed by atoms with van der Waals surface area (Å²) in [5.74, 6) is -0.158. The third kappa shape index (κ3) is 8.47. The molecule has 1 N–H and O–H groups in total. The number of carbonyl (C=O) groups is 1. The van der Waals surface area contributed by atoms with Crippen LogP contribution in [0.2, 0.25) is 0 Å². The van der Waals surface area contributed by atoms with Gasteiger partial charge in [-0.1, -0.05) is 49.4 Å². The van der Waals surface area contributed by atoms with Gasteiger partial charge >= 0.3 is 12.1 Å².